The Morgan fingerprint density at radius 1 is 1.26 bits per heavy atom. The highest BCUT2D eigenvalue weighted by atomic mass is 32.1. The summed E-state index contributed by atoms with van der Waals surface area (Å²) in [6.45, 7) is 4.19. The number of thiazole rings is 1. The van der Waals surface area contributed by atoms with Crippen LogP contribution in [0.2, 0.25) is 0 Å². The van der Waals surface area contributed by atoms with Crippen LogP contribution in [0.15, 0.2) is 24.3 Å². The summed E-state index contributed by atoms with van der Waals surface area (Å²) in [4.78, 5) is 5.38. The molecular formula is C13H13F3N2S. The maximum absolute atomic E-state index is 12.6. The summed E-state index contributed by atoms with van der Waals surface area (Å²) >= 11 is 1.50. The third-order valence-corrected chi connectivity index (χ3v) is 3.76. The highest BCUT2D eigenvalue weighted by molar-refractivity contribution is 7.15. The average molecular weight is 286 g/mol. The Balaban J connectivity index is 2.07. The van der Waals surface area contributed by atoms with Gasteiger partial charge in [0.2, 0.25) is 0 Å². The third kappa shape index (κ3) is 3.47. The van der Waals surface area contributed by atoms with Gasteiger partial charge in [0.05, 0.1) is 11.3 Å². The number of rotatable bonds is 3. The van der Waals surface area contributed by atoms with Crippen molar-refractivity contribution in [2.75, 3.05) is 5.32 Å². The van der Waals surface area contributed by atoms with Gasteiger partial charge < -0.3 is 5.32 Å². The van der Waals surface area contributed by atoms with Crippen molar-refractivity contribution < 1.29 is 13.2 Å². The predicted molar refractivity (Wildman–Crippen MR) is 70.4 cm³/mol. The molecule has 0 radical (unpaired) electrons. The molecule has 0 aliphatic rings. The van der Waals surface area contributed by atoms with Crippen LogP contribution >= 0.6 is 11.3 Å². The monoisotopic (exact) mass is 286 g/mol. The van der Waals surface area contributed by atoms with Gasteiger partial charge in [0.1, 0.15) is 0 Å². The zero-order valence-corrected chi connectivity index (χ0v) is 11.3. The van der Waals surface area contributed by atoms with E-state index in [1.165, 1.54) is 17.4 Å². The molecule has 19 heavy (non-hydrogen) atoms. The first-order valence-corrected chi connectivity index (χ1v) is 6.52. The fraction of sp³-hybridized carbons (Fsp3) is 0.308. The Morgan fingerprint density at radius 2 is 2.00 bits per heavy atom. The molecule has 1 N–H and O–H groups in total. The lowest BCUT2D eigenvalue weighted by atomic mass is 10.1. The Morgan fingerprint density at radius 3 is 2.58 bits per heavy atom. The molecule has 0 saturated heterocycles. The van der Waals surface area contributed by atoms with Crippen LogP contribution in [0.4, 0.5) is 18.3 Å². The minimum absolute atomic E-state index is 0.330. The lowest BCUT2D eigenvalue weighted by Gasteiger charge is -2.09. The number of anilines is 1. The maximum Gasteiger partial charge on any atom is 0.416 e. The number of hydrogen-bond acceptors (Lipinski definition) is 3. The second kappa shape index (κ2) is 5.21. The summed E-state index contributed by atoms with van der Waals surface area (Å²) in [5, 5.41) is 3.77. The fourth-order valence-corrected chi connectivity index (χ4v) is 2.39. The van der Waals surface area contributed by atoms with E-state index in [-0.39, 0.29) is 0 Å². The molecule has 0 bridgehead atoms. The second-order valence-electron chi connectivity index (χ2n) is 4.21. The number of alkyl halides is 3. The summed E-state index contributed by atoms with van der Waals surface area (Å²) in [6.07, 6.45) is -4.30. The van der Waals surface area contributed by atoms with Gasteiger partial charge >= 0.3 is 6.18 Å². The SMILES string of the molecule is Cc1nc(NCc2cccc(C(F)(F)F)c2)sc1C. The quantitative estimate of drug-likeness (QED) is 0.905. The van der Waals surface area contributed by atoms with Crippen molar-refractivity contribution in [2.45, 2.75) is 26.6 Å². The molecular weight excluding hydrogens is 273 g/mol. The topological polar surface area (TPSA) is 24.9 Å². The molecule has 0 amide bonds. The van der Waals surface area contributed by atoms with Crippen molar-refractivity contribution in [3.05, 3.63) is 46.0 Å². The molecule has 1 aromatic carbocycles. The van der Waals surface area contributed by atoms with Crippen LogP contribution in [0.3, 0.4) is 0 Å². The summed E-state index contributed by atoms with van der Waals surface area (Å²) in [6, 6.07) is 5.30. The lowest BCUT2D eigenvalue weighted by molar-refractivity contribution is -0.137. The number of nitrogens with zero attached hydrogens (tertiary/aromatic N) is 1. The van der Waals surface area contributed by atoms with Crippen LogP contribution in [0.5, 0.6) is 0 Å². The Kier molecular flexibility index (Phi) is 3.80. The molecule has 2 aromatic rings. The fourth-order valence-electron chi connectivity index (χ4n) is 1.58. The minimum Gasteiger partial charge on any atom is -0.357 e. The normalized spacial score (nSPS) is 11.6. The van der Waals surface area contributed by atoms with E-state index in [4.69, 9.17) is 0 Å². The van der Waals surface area contributed by atoms with Crippen molar-refractivity contribution in [2.24, 2.45) is 0 Å². The van der Waals surface area contributed by atoms with Crippen molar-refractivity contribution in [1.82, 2.24) is 4.98 Å². The summed E-state index contributed by atoms with van der Waals surface area (Å²) in [7, 11) is 0. The van der Waals surface area contributed by atoms with Gasteiger partial charge in [0, 0.05) is 11.4 Å². The molecule has 2 nitrogen and oxygen atoms in total. The Bertz CT molecular complexity index is 556. The first-order chi connectivity index (χ1) is 8.86. The molecule has 6 heteroatoms. The zero-order valence-electron chi connectivity index (χ0n) is 10.5. The number of aromatic nitrogens is 1. The predicted octanol–water partition coefficient (Wildman–Crippen LogP) is 4.39. The zero-order chi connectivity index (χ0) is 14.0. The van der Waals surface area contributed by atoms with Crippen LogP contribution < -0.4 is 5.32 Å². The van der Waals surface area contributed by atoms with Crippen molar-refractivity contribution in [3.63, 3.8) is 0 Å². The first kappa shape index (κ1) is 13.9. The lowest BCUT2D eigenvalue weighted by Crippen LogP contribution is -2.06. The van der Waals surface area contributed by atoms with E-state index in [9.17, 15) is 13.2 Å². The molecule has 0 saturated carbocycles. The van der Waals surface area contributed by atoms with E-state index in [1.807, 2.05) is 13.8 Å². The maximum atomic E-state index is 12.6. The van der Waals surface area contributed by atoms with E-state index in [0.29, 0.717) is 12.1 Å². The summed E-state index contributed by atoms with van der Waals surface area (Å²) in [5.41, 5.74) is 0.898. The molecule has 0 unspecified atom stereocenters. The Labute approximate surface area is 113 Å². The van der Waals surface area contributed by atoms with Crippen molar-refractivity contribution in [1.29, 1.82) is 0 Å². The van der Waals surface area contributed by atoms with Crippen molar-refractivity contribution in [3.8, 4) is 0 Å². The number of halogens is 3. The molecule has 1 aromatic heterocycles. The van der Waals surface area contributed by atoms with Gasteiger partial charge in [0.25, 0.3) is 0 Å². The van der Waals surface area contributed by atoms with Gasteiger partial charge in [-0.2, -0.15) is 13.2 Å². The molecule has 1 heterocycles. The van der Waals surface area contributed by atoms with Gasteiger partial charge in [-0.25, -0.2) is 4.98 Å². The van der Waals surface area contributed by atoms with E-state index < -0.39 is 11.7 Å². The van der Waals surface area contributed by atoms with E-state index in [2.05, 4.69) is 10.3 Å². The van der Waals surface area contributed by atoms with Crippen LogP contribution in [0.1, 0.15) is 21.7 Å². The third-order valence-electron chi connectivity index (χ3n) is 2.73. The van der Waals surface area contributed by atoms with Crippen LogP contribution in [0, 0.1) is 13.8 Å². The second-order valence-corrected chi connectivity index (χ2v) is 5.42. The number of aryl methyl sites for hydroxylation is 2. The minimum atomic E-state index is -4.30. The van der Waals surface area contributed by atoms with Gasteiger partial charge in [0.15, 0.2) is 5.13 Å². The van der Waals surface area contributed by atoms with E-state index in [0.717, 1.165) is 27.8 Å². The Hall–Kier alpha value is -1.56. The highest BCUT2D eigenvalue weighted by Gasteiger charge is 2.30. The smallest absolute Gasteiger partial charge is 0.357 e. The van der Waals surface area contributed by atoms with Gasteiger partial charge in [-0.05, 0) is 31.5 Å². The van der Waals surface area contributed by atoms with Crippen molar-refractivity contribution >= 4 is 16.5 Å². The van der Waals surface area contributed by atoms with E-state index in [1.54, 1.807) is 6.07 Å². The molecule has 0 fully saturated rings. The summed E-state index contributed by atoms with van der Waals surface area (Å²) < 4.78 is 37.7. The van der Waals surface area contributed by atoms with Crippen LogP contribution in [0.25, 0.3) is 0 Å². The van der Waals surface area contributed by atoms with Gasteiger partial charge in [-0.1, -0.05) is 12.1 Å². The molecule has 0 atom stereocenters. The largest absolute Gasteiger partial charge is 0.416 e. The van der Waals surface area contributed by atoms with Gasteiger partial charge in [-0.3, -0.25) is 0 Å². The first-order valence-electron chi connectivity index (χ1n) is 5.70. The molecule has 0 aliphatic heterocycles. The molecule has 0 aliphatic carbocycles. The van der Waals surface area contributed by atoms with Crippen LogP contribution in [-0.2, 0) is 12.7 Å². The molecule has 2 rings (SSSR count). The number of hydrogen-bond donors (Lipinski definition) is 1. The summed E-state index contributed by atoms with van der Waals surface area (Å²) in [5.74, 6) is 0. The number of nitrogens with one attached hydrogen (secondary N) is 1. The van der Waals surface area contributed by atoms with E-state index >= 15 is 0 Å². The standard InChI is InChI=1S/C13H13F3N2S/c1-8-9(2)19-12(18-8)17-7-10-4-3-5-11(6-10)13(14,15)16/h3-6H,7H2,1-2H3,(H,17,18). The van der Waals surface area contributed by atoms with Gasteiger partial charge in [-0.15, -0.1) is 11.3 Å². The molecule has 0 spiro atoms. The van der Waals surface area contributed by atoms with Crippen LogP contribution in [-0.4, -0.2) is 4.98 Å². The molecule has 102 valence electrons. The highest BCUT2D eigenvalue weighted by Crippen LogP contribution is 2.29. The average Bonchev–Trinajstić information content (AvgIpc) is 2.66. The number of benzene rings is 1.